The lowest BCUT2D eigenvalue weighted by Gasteiger charge is -2.28. The Morgan fingerprint density at radius 3 is 2.06 bits per heavy atom. The zero-order valence-corrected chi connectivity index (χ0v) is 21.7. The standard InChI is InChI=1S/C22H42N6O6S/c1-4-13(2)18(21(32)27-16(22(33)34)10-12-35-3)28-20(31)15(8-9-17(25)29)26-19(30)14(24)7-5-6-11-23/h13-16,18H,4-12,23-24H2,1-3H3,(H2,25,29)(H,26,30)(H,27,32)(H,28,31)(H,33,34). The van der Waals surface area contributed by atoms with Crippen molar-refractivity contribution in [2.45, 2.75) is 83.0 Å². The number of nitrogens with one attached hydrogen (secondary N) is 3. The van der Waals surface area contributed by atoms with Crippen LogP contribution >= 0.6 is 11.8 Å². The summed E-state index contributed by atoms with van der Waals surface area (Å²) < 4.78 is 0. The molecule has 0 rings (SSSR count). The van der Waals surface area contributed by atoms with Gasteiger partial charge in [0.2, 0.25) is 23.6 Å². The average molecular weight is 519 g/mol. The minimum atomic E-state index is -1.17. The molecule has 0 fully saturated rings. The molecule has 0 aromatic rings. The largest absolute Gasteiger partial charge is 0.480 e. The first kappa shape index (κ1) is 32.6. The van der Waals surface area contributed by atoms with Crippen LogP contribution in [-0.4, -0.2) is 77.4 Å². The number of aliphatic carboxylic acids is 1. The van der Waals surface area contributed by atoms with E-state index in [2.05, 4.69) is 16.0 Å². The van der Waals surface area contributed by atoms with Crippen LogP contribution in [-0.2, 0) is 24.0 Å². The van der Waals surface area contributed by atoms with Crippen LogP contribution in [0.4, 0.5) is 0 Å². The lowest BCUT2D eigenvalue weighted by Crippen LogP contribution is -2.58. The van der Waals surface area contributed by atoms with Crippen LogP contribution in [0.1, 0.15) is 58.8 Å². The first-order valence-electron chi connectivity index (χ1n) is 11.8. The van der Waals surface area contributed by atoms with Crippen molar-refractivity contribution in [2.24, 2.45) is 23.1 Å². The van der Waals surface area contributed by atoms with Crippen molar-refractivity contribution < 1.29 is 29.1 Å². The fraction of sp³-hybridized carbons (Fsp3) is 0.773. The Morgan fingerprint density at radius 2 is 1.54 bits per heavy atom. The van der Waals surface area contributed by atoms with Crippen LogP contribution in [0, 0.1) is 5.92 Å². The van der Waals surface area contributed by atoms with Gasteiger partial charge in [0.1, 0.15) is 18.1 Å². The number of carbonyl (C=O) groups excluding carboxylic acids is 4. The van der Waals surface area contributed by atoms with Crippen molar-refractivity contribution >= 4 is 41.4 Å². The number of carbonyl (C=O) groups is 5. The van der Waals surface area contributed by atoms with Crippen molar-refractivity contribution in [3.63, 3.8) is 0 Å². The van der Waals surface area contributed by atoms with Crippen molar-refractivity contribution in [3.05, 3.63) is 0 Å². The molecular weight excluding hydrogens is 476 g/mol. The molecular formula is C22H42N6O6S. The van der Waals surface area contributed by atoms with Gasteiger partial charge in [-0.3, -0.25) is 19.2 Å². The lowest BCUT2D eigenvalue weighted by molar-refractivity contribution is -0.142. The van der Waals surface area contributed by atoms with Gasteiger partial charge in [-0.15, -0.1) is 0 Å². The van der Waals surface area contributed by atoms with Crippen LogP contribution in [0.5, 0.6) is 0 Å². The van der Waals surface area contributed by atoms with Crippen molar-refractivity contribution in [1.82, 2.24) is 16.0 Å². The molecule has 0 aliphatic heterocycles. The Kier molecular flexibility index (Phi) is 16.7. The van der Waals surface area contributed by atoms with Gasteiger partial charge in [0.25, 0.3) is 0 Å². The second kappa shape index (κ2) is 18.0. The zero-order valence-electron chi connectivity index (χ0n) is 20.9. The number of carboxylic acids is 1. The van der Waals surface area contributed by atoms with Crippen LogP contribution in [0.25, 0.3) is 0 Å². The molecule has 12 nitrogen and oxygen atoms in total. The van der Waals surface area contributed by atoms with Gasteiger partial charge in [0.15, 0.2) is 0 Å². The second-order valence-electron chi connectivity index (χ2n) is 8.51. The maximum Gasteiger partial charge on any atom is 0.326 e. The number of hydrogen-bond acceptors (Lipinski definition) is 8. The number of nitrogens with two attached hydrogens (primary N) is 3. The summed E-state index contributed by atoms with van der Waals surface area (Å²) in [7, 11) is 0. The maximum absolute atomic E-state index is 13.1. The number of primary amides is 1. The van der Waals surface area contributed by atoms with E-state index in [-0.39, 0.29) is 25.2 Å². The number of thioether (sulfide) groups is 1. The topological polar surface area (TPSA) is 220 Å². The number of rotatable bonds is 19. The quantitative estimate of drug-likeness (QED) is 0.105. The molecule has 35 heavy (non-hydrogen) atoms. The van der Waals surface area contributed by atoms with E-state index in [0.717, 1.165) is 0 Å². The molecule has 0 radical (unpaired) electrons. The highest BCUT2D eigenvalue weighted by Crippen LogP contribution is 2.11. The highest BCUT2D eigenvalue weighted by Gasteiger charge is 2.32. The summed E-state index contributed by atoms with van der Waals surface area (Å²) in [5, 5.41) is 17.1. The van der Waals surface area contributed by atoms with Crippen molar-refractivity contribution in [3.8, 4) is 0 Å². The van der Waals surface area contributed by atoms with E-state index in [9.17, 15) is 29.1 Å². The van der Waals surface area contributed by atoms with E-state index in [4.69, 9.17) is 17.2 Å². The zero-order chi connectivity index (χ0) is 27.0. The van der Waals surface area contributed by atoms with E-state index in [1.165, 1.54) is 11.8 Å². The third-order valence-corrected chi connectivity index (χ3v) is 6.28. The van der Waals surface area contributed by atoms with E-state index in [1.807, 2.05) is 13.2 Å². The fourth-order valence-electron chi connectivity index (χ4n) is 3.18. The Hall–Kier alpha value is -2.38. The Labute approximate surface area is 211 Å². The third-order valence-electron chi connectivity index (χ3n) is 5.64. The van der Waals surface area contributed by atoms with Crippen LogP contribution in [0.2, 0.25) is 0 Å². The summed E-state index contributed by atoms with van der Waals surface area (Å²) in [6.07, 6.45) is 4.03. The number of carboxylic acid groups (broad SMARTS) is 1. The van der Waals surface area contributed by atoms with Crippen LogP contribution < -0.4 is 33.2 Å². The predicted molar refractivity (Wildman–Crippen MR) is 135 cm³/mol. The minimum absolute atomic E-state index is 0.0806. The molecule has 0 spiro atoms. The average Bonchev–Trinajstić information content (AvgIpc) is 2.81. The number of hydrogen-bond donors (Lipinski definition) is 7. The molecule has 10 N–H and O–H groups in total. The summed E-state index contributed by atoms with van der Waals surface area (Å²) in [5.41, 5.74) is 16.6. The molecule has 0 aliphatic rings. The maximum atomic E-state index is 13.1. The molecule has 0 aromatic heterocycles. The second-order valence-corrected chi connectivity index (χ2v) is 9.50. The van der Waals surface area contributed by atoms with E-state index in [1.54, 1.807) is 6.92 Å². The molecule has 0 aliphatic carbocycles. The molecule has 13 heteroatoms. The van der Waals surface area contributed by atoms with Crippen molar-refractivity contribution in [2.75, 3.05) is 18.6 Å². The molecule has 4 amide bonds. The van der Waals surface area contributed by atoms with Gasteiger partial charge in [-0.1, -0.05) is 26.7 Å². The smallest absolute Gasteiger partial charge is 0.326 e. The monoisotopic (exact) mass is 518 g/mol. The van der Waals surface area contributed by atoms with Gasteiger partial charge in [-0.2, -0.15) is 11.8 Å². The Balaban J connectivity index is 5.51. The summed E-state index contributed by atoms with van der Waals surface area (Å²) >= 11 is 1.45. The molecule has 0 saturated carbocycles. The Bertz CT molecular complexity index is 710. The SMILES string of the molecule is CCC(C)C(NC(=O)C(CCC(N)=O)NC(=O)C(N)CCCCN)C(=O)NC(CCSC)C(=O)O. The van der Waals surface area contributed by atoms with E-state index >= 15 is 0 Å². The molecule has 0 heterocycles. The summed E-state index contributed by atoms with van der Waals surface area (Å²) in [6.45, 7) is 4.04. The normalized spacial score (nSPS) is 15.2. The van der Waals surface area contributed by atoms with Gasteiger partial charge in [0.05, 0.1) is 6.04 Å². The molecule has 0 saturated heterocycles. The predicted octanol–water partition coefficient (Wildman–Crippen LogP) is -0.954. The summed E-state index contributed by atoms with van der Waals surface area (Å²) in [5.74, 6) is -3.52. The molecule has 5 atom stereocenters. The summed E-state index contributed by atoms with van der Waals surface area (Å²) in [4.78, 5) is 61.4. The minimum Gasteiger partial charge on any atom is -0.480 e. The molecule has 0 aromatic carbocycles. The van der Waals surface area contributed by atoms with E-state index in [0.29, 0.717) is 38.0 Å². The van der Waals surface area contributed by atoms with Crippen LogP contribution in [0.3, 0.4) is 0 Å². The number of unbranched alkanes of at least 4 members (excludes halogenated alkanes) is 1. The highest BCUT2D eigenvalue weighted by atomic mass is 32.2. The van der Waals surface area contributed by atoms with Crippen molar-refractivity contribution in [1.29, 1.82) is 0 Å². The van der Waals surface area contributed by atoms with Crippen LogP contribution in [0.15, 0.2) is 0 Å². The summed E-state index contributed by atoms with van der Waals surface area (Å²) in [6, 6.07) is -4.17. The number of amides is 4. The van der Waals surface area contributed by atoms with Gasteiger partial charge in [0, 0.05) is 6.42 Å². The lowest BCUT2D eigenvalue weighted by atomic mass is 9.97. The van der Waals surface area contributed by atoms with E-state index < -0.39 is 53.8 Å². The van der Waals surface area contributed by atoms with Gasteiger partial charge in [-0.05, 0) is 50.2 Å². The van der Waals surface area contributed by atoms with Gasteiger partial charge < -0.3 is 38.3 Å². The molecule has 5 unspecified atom stereocenters. The Morgan fingerprint density at radius 1 is 0.914 bits per heavy atom. The highest BCUT2D eigenvalue weighted by molar-refractivity contribution is 7.98. The van der Waals surface area contributed by atoms with Gasteiger partial charge >= 0.3 is 5.97 Å². The third kappa shape index (κ3) is 13.3. The fourth-order valence-corrected chi connectivity index (χ4v) is 3.66. The first-order chi connectivity index (χ1) is 16.5. The molecule has 0 bridgehead atoms. The first-order valence-corrected chi connectivity index (χ1v) is 13.2. The molecule has 202 valence electrons. The van der Waals surface area contributed by atoms with Gasteiger partial charge in [-0.25, -0.2) is 4.79 Å².